The minimum atomic E-state index is -1.90. The van der Waals surface area contributed by atoms with Crippen LogP contribution >= 0.6 is 0 Å². The van der Waals surface area contributed by atoms with Gasteiger partial charge in [0.2, 0.25) is 23.6 Å². The predicted molar refractivity (Wildman–Crippen MR) is 221 cm³/mol. The van der Waals surface area contributed by atoms with Crippen molar-refractivity contribution in [3.63, 3.8) is 0 Å². The van der Waals surface area contributed by atoms with Gasteiger partial charge in [-0.3, -0.25) is 24.0 Å². The van der Waals surface area contributed by atoms with Crippen LogP contribution in [0.1, 0.15) is 28.7 Å². The summed E-state index contributed by atoms with van der Waals surface area (Å²) in [5.74, 6) is -8.25. The number of aliphatic hydroxyl groups is 1. The molecule has 0 spiro atoms. The van der Waals surface area contributed by atoms with E-state index in [4.69, 9.17) is 0 Å². The van der Waals surface area contributed by atoms with E-state index in [0.29, 0.717) is 16.7 Å². The summed E-state index contributed by atoms with van der Waals surface area (Å²) in [5.41, 5.74) is 3.79. The molecule has 5 atom stereocenters. The first-order chi connectivity index (χ1) is 29.3. The summed E-state index contributed by atoms with van der Waals surface area (Å²) in [4.78, 5) is 81.3. The molecule has 7 rings (SSSR count). The van der Waals surface area contributed by atoms with Crippen LogP contribution in [-0.4, -0.2) is 76.0 Å². The van der Waals surface area contributed by atoms with Crippen molar-refractivity contribution in [3.05, 3.63) is 161 Å². The number of benzene rings is 5. The van der Waals surface area contributed by atoms with Gasteiger partial charge < -0.3 is 36.8 Å². The number of anilines is 1. The van der Waals surface area contributed by atoms with Crippen molar-refractivity contribution in [2.75, 3.05) is 5.32 Å². The summed E-state index contributed by atoms with van der Waals surface area (Å²) < 4.78 is 28.2. The Balaban J connectivity index is 1.37. The molecule has 2 heterocycles. The van der Waals surface area contributed by atoms with E-state index in [0.717, 1.165) is 23.3 Å². The molecule has 0 saturated carbocycles. The second kappa shape index (κ2) is 20.1. The maximum absolute atomic E-state index is 14.4. The Morgan fingerprint density at radius 1 is 0.541 bits per heavy atom. The van der Waals surface area contributed by atoms with E-state index >= 15 is 0 Å². The lowest BCUT2D eigenvalue weighted by Gasteiger charge is -2.26. The van der Waals surface area contributed by atoms with Crippen LogP contribution in [0.3, 0.4) is 0 Å². The van der Waals surface area contributed by atoms with Gasteiger partial charge in [-0.05, 0) is 57.6 Å². The standard InChI is InChI=1S/C46H43F2N5O8/c47-34-20-15-30(21-35(34)48)25-36-42(56)51-38(23-28-11-16-32(17-12-28)31-9-5-2-6-10-31)43(57)52-37(22-27-7-3-1-4-8-27)44(58)53-39(46(60)61)24-29-13-18-33(19-14-29)49-45(59)40(54)26-41(55)50-36/h1-21,36-40,54H,22-26H2,(H,49,59)(H,50,55)(H,51,56)(H,52,57)(H,53,58)(H,60,61). The highest BCUT2D eigenvalue weighted by Crippen LogP contribution is 2.21. The van der Waals surface area contributed by atoms with Gasteiger partial charge in [0.15, 0.2) is 11.6 Å². The van der Waals surface area contributed by atoms with E-state index < -0.39 is 90.3 Å². The molecule has 0 fully saturated rings. The molecule has 314 valence electrons. The molecule has 5 aromatic carbocycles. The molecule has 2 aliphatic heterocycles. The van der Waals surface area contributed by atoms with Crippen molar-refractivity contribution in [2.45, 2.75) is 62.4 Å². The van der Waals surface area contributed by atoms with Crippen LogP contribution < -0.4 is 26.6 Å². The minimum absolute atomic E-state index is 0.0667. The lowest BCUT2D eigenvalue weighted by atomic mass is 9.98. The van der Waals surface area contributed by atoms with Gasteiger partial charge in [-0.15, -0.1) is 0 Å². The van der Waals surface area contributed by atoms with Gasteiger partial charge in [-0.1, -0.05) is 103 Å². The lowest BCUT2D eigenvalue weighted by molar-refractivity contribution is -0.142. The van der Waals surface area contributed by atoms with Gasteiger partial charge in [0.05, 0.1) is 6.42 Å². The third kappa shape index (κ3) is 12.1. The number of carbonyl (C=O) groups excluding carboxylic acids is 5. The van der Waals surface area contributed by atoms with E-state index in [1.807, 2.05) is 42.5 Å². The van der Waals surface area contributed by atoms with Gasteiger partial charge >= 0.3 is 5.97 Å². The number of aliphatic carboxylic acids is 1. The van der Waals surface area contributed by atoms with Crippen molar-refractivity contribution in [3.8, 4) is 11.1 Å². The normalized spacial score (nSPS) is 20.6. The fourth-order valence-electron chi connectivity index (χ4n) is 6.80. The van der Waals surface area contributed by atoms with Crippen LogP contribution in [-0.2, 0) is 54.5 Å². The minimum Gasteiger partial charge on any atom is -0.480 e. The smallest absolute Gasteiger partial charge is 0.326 e. The van der Waals surface area contributed by atoms with Crippen LogP contribution in [0.15, 0.2) is 127 Å². The van der Waals surface area contributed by atoms with Crippen molar-refractivity contribution >= 4 is 41.2 Å². The average molecular weight is 832 g/mol. The lowest BCUT2D eigenvalue weighted by Crippen LogP contribution is -2.59. The van der Waals surface area contributed by atoms with Crippen LogP contribution in [0.25, 0.3) is 11.1 Å². The maximum Gasteiger partial charge on any atom is 0.326 e. The van der Waals surface area contributed by atoms with Crippen LogP contribution in [0.2, 0.25) is 0 Å². The molecule has 0 aromatic heterocycles. The molecule has 2 bridgehead atoms. The van der Waals surface area contributed by atoms with E-state index in [1.54, 1.807) is 42.5 Å². The molecule has 5 amide bonds. The Hall–Kier alpha value is -7.26. The van der Waals surface area contributed by atoms with E-state index in [9.17, 15) is 47.8 Å². The number of nitrogens with one attached hydrogen (secondary N) is 5. The first-order valence-corrected chi connectivity index (χ1v) is 19.4. The van der Waals surface area contributed by atoms with Gasteiger partial charge in [0, 0.05) is 31.4 Å². The summed E-state index contributed by atoms with van der Waals surface area (Å²) in [6.45, 7) is 0. The fraction of sp³-hybridized carbons (Fsp3) is 0.217. The Kier molecular flexibility index (Phi) is 14.3. The quantitative estimate of drug-likeness (QED) is 0.115. The van der Waals surface area contributed by atoms with E-state index in [1.165, 1.54) is 30.3 Å². The Morgan fingerprint density at radius 2 is 1.05 bits per heavy atom. The molecular formula is C46H43F2N5O8. The molecule has 61 heavy (non-hydrogen) atoms. The molecular weight excluding hydrogens is 789 g/mol. The number of halogens is 2. The summed E-state index contributed by atoms with van der Waals surface area (Å²) in [6, 6.07) is 28.4. The highest BCUT2D eigenvalue weighted by Gasteiger charge is 2.33. The topological polar surface area (TPSA) is 203 Å². The zero-order valence-corrected chi connectivity index (χ0v) is 32.6. The second-order valence-corrected chi connectivity index (χ2v) is 14.7. The first-order valence-electron chi connectivity index (χ1n) is 19.4. The van der Waals surface area contributed by atoms with Crippen LogP contribution in [0.4, 0.5) is 14.5 Å². The van der Waals surface area contributed by atoms with Crippen molar-refractivity contribution in [2.24, 2.45) is 0 Å². The summed E-state index contributed by atoms with van der Waals surface area (Å²) in [6.07, 6.45) is -3.49. The first kappa shape index (κ1) is 43.3. The molecule has 5 unspecified atom stereocenters. The number of rotatable bonds is 8. The zero-order chi connectivity index (χ0) is 43.5. The third-order valence-electron chi connectivity index (χ3n) is 10.1. The highest BCUT2D eigenvalue weighted by atomic mass is 19.2. The van der Waals surface area contributed by atoms with Gasteiger partial charge in [0.25, 0.3) is 5.91 Å². The summed E-state index contributed by atoms with van der Waals surface area (Å²) >= 11 is 0. The SMILES string of the molecule is O=C1CC(O)C(=O)Nc2ccc(cc2)CC(C(=O)O)NC(=O)C(Cc2ccccc2)NC(=O)C(Cc2ccc(-c3ccccc3)cc2)NC(=O)C(Cc2ccc(F)c(F)c2)N1. The molecule has 0 radical (unpaired) electrons. The molecule has 5 aromatic rings. The third-order valence-corrected chi connectivity index (χ3v) is 10.1. The molecule has 7 N–H and O–H groups in total. The molecule has 15 heteroatoms. The van der Waals surface area contributed by atoms with Crippen LogP contribution in [0.5, 0.6) is 0 Å². The van der Waals surface area contributed by atoms with E-state index in [-0.39, 0.29) is 30.5 Å². The largest absolute Gasteiger partial charge is 0.480 e. The van der Waals surface area contributed by atoms with E-state index in [2.05, 4.69) is 26.6 Å². The number of carbonyl (C=O) groups is 6. The maximum atomic E-state index is 14.4. The number of fused-ring (bicyclic) bond motifs is 18. The second-order valence-electron chi connectivity index (χ2n) is 14.7. The Labute approximate surface area is 349 Å². The van der Waals surface area contributed by atoms with Gasteiger partial charge in [-0.25, -0.2) is 13.6 Å². The predicted octanol–water partition coefficient (Wildman–Crippen LogP) is 3.63. The highest BCUT2D eigenvalue weighted by molar-refractivity contribution is 5.98. The summed E-state index contributed by atoms with van der Waals surface area (Å²) in [7, 11) is 0. The molecule has 0 saturated heterocycles. The van der Waals surface area contributed by atoms with Crippen molar-refractivity contribution in [1.29, 1.82) is 0 Å². The zero-order valence-electron chi connectivity index (χ0n) is 32.6. The average Bonchev–Trinajstić information content (AvgIpc) is 3.25. The van der Waals surface area contributed by atoms with Crippen LogP contribution in [0, 0.1) is 11.6 Å². The number of amides is 5. The Morgan fingerprint density at radius 3 is 1.64 bits per heavy atom. The fourth-order valence-corrected chi connectivity index (χ4v) is 6.80. The van der Waals surface area contributed by atoms with Gasteiger partial charge in [0.1, 0.15) is 30.3 Å². The van der Waals surface area contributed by atoms with Crippen molar-refractivity contribution in [1.82, 2.24) is 21.3 Å². The molecule has 2 aliphatic rings. The molecule has 0 aliphatic carbocycles. The number of hydrogen-bond acceptors (Lipinski definition) is 7. The number of carboxylic acids is 1. The number of carboxylic acid groups (broad SMARTS) is 1. The van der Waals surface area contributed by atoms with Crippen molar-refractivity contribution < 1.29 is 47.8 Å². The Bertz CT molecular complexity index is 2370. The molecule has 13 nitrogen and oxygen atoms in total. The number of aliphatic hydroxyl groups excluding tert-OH is 1. The monoisotopic (exact) mass is 831 g/mol. The number of hydrogen-bond donors (Lipinski definition) is 7. The van der Waals surface area contributed by atoms with Gasteiger partial charge in [-0.2, -0.15) is 0 Å². The summed E-state index contributed by atoms with van der Waals surface area (Å²) in [5, 5.41) is 33.6.